The first-order chi connectivity index (χ1) is 12.6. The van der Waals surface area contributed by atoms with E-state index in [9.17, 15) is 0 Å². The Labute approximate surface area is 152 Å². The number of hydrogen-bond acceptors (Lipinski definition) is 6. The van der Waals surface area contributed by atoms with Gasteiger partial charge in [0.1, 0.15) is 23.9 Å². The van der Waals surface area contributed by atoms with Crippen LogP contribution in [0.25, 0.3) is 16.7 Å². The molecule has 0 amide bonds. The van der Waals surface area contributed by atoms with E-state index in [1.807, 2.05) is 36.5 Å². The molecule has 7 nitrogen and oxygen atoms in total. The molecular formula is C19H24N4O3. The lowest BCUT2D eigenvalue weighted by Crippen LogP contribution is -2.10. The maximum Gasteiger partial charge on any atom is 0.157 e. The van der Waals surface area contributed by atoms with E-state index in [1.54, 1.807) is 18.9 Å². The van der Waals surface area contributed by atoms with Crippen molar-refractivity contribution < 1.29 is 14.2 Å². The Morgan fingerprint density at radius 2 is 1.96 bits per heavy atom. The summed E-state index contributed by atoms with van der Waals surface area (Å²) in [4.78, 5) is 4.72. The number of anilines is 1. The second-order valence-electron chi connectivity index (χ2n) is 6.15. The van der Waals surface area contributed by atoms with Crippen LogP contribution in [0.15, 0.2) is 36.5 Å². The summed E-state index contributed by atoms with van der Waals surface area (Å²) in [5.41, 5.74) is 0.781. The highest BCUT2D eigenvalue weighted by atomic mass is 16.5. The van der Waals surface area contributed by atoms with E-state index in [0.717, 1.165) is 28.2 Å². The van der Waals surface area contributed by atoms with Crippen molar-refractivity contribution in [3.8, 4) is 17.3 Å². The Kier molecular flexibility index (Phi) is 5.58. The van der Waals surface area contributed by atoms with Crippen molar-refractivity contribution in [2.45, 2.75) is 19.9 Å². The normalized spacial score (nSPS) is 11.1. The number of rotatable bonds is 8. The third kappa shape index (κ3) is 4.05. The van der Waals surface area contributed by atoms with E-state index in [4.69, 9.17) is 19.2 Å². The molecule has 0 bridgehead atoms. The summed E-state index contributed by atoms with van der Waals surface area (Å²) in [7, 11) is 3.30. The molecule has 0 atom stereocenters. The fourth-order valence-corrected chi connectivity index (χ4v) is 2.61. The van der Waals surface area contributed by atoms with Crippen LogP contribution in [-0.4, -0.2) is 48.2 Å². The molecule has 0 radical (unpaired) electrons. The SMILES string of the molecule is COCCOc1ccc2c(OC)cc(-n3ccc(NC(C)C)n3)nc2c1. The van der Waals surface area contributed by atoms with Gasteiger partial charge < -0.3 is 19.5 Å². The summed E-state index contributed by atoms with van der Waals surface area (Å²) in [6.07, 6.45) is 1.87. The highest BCUT2D eigenvalue weighted by Gasteiger charge is 2.11. The van der Waals surface area contributed by atoms with Gasteiger partial charge in [0.2, 0.25) is 0 Å². The van der Waals surface area contributed by atoms with Gasteiger partial charge in [-0.15, -0.1) is 5.10 Å². The smallest absolute Gasteiger partial charge is 0.157 e. The van der Waals surface area contributed by atoms with E-state index >= 15 is 0 Å². The van der Waals surface area contributed by atoms with Crippen LogP contribution in [0.2, 0.25) is 0 Å². The van der Waals surface area contributed by atoms with E-state index < -0.39 is 0 Å². The number of nitrogens with zero attached hydrogens (tertiary/aromatic N) is 3. The number of aromatic nitrogens is 3. The molecule has 2 aromatic heterocycles. The lowest BCUT2D eigenvalue weighted by Gasteiger charge is -2.11. The highest BCUT2D eigenvalue weighted by Crippen LogP contribution is 2.29. The van der Waals surface area contributed by atoms with Gasteiger partial charge >= 0.3 is 0 Å². The Morgan fingerprint density at radius 1 is 1.12 bits per heavy atom. The molecule has 0 saturated carbocycles. The van der Waals surface area contributed by atoms with Gasteiger partial charge in [0.05, 0.1) is 19.2 Å². The molecule has 0 fully saturated rings. The minimum atomic E-state index is 0.309. The molecule has 0 aliphatic carbocycles. The standard InChI is InChI=1S/C19H24N4O3/c1-13(2)20-18-7-8-23(22-18)19-12-17(25-4)15-6-5-14(11-16(15)21-19)26-10-9-24-3/h5-8,11-13H,9-10H2,1-4H3,(H,20,22). The minimum Gasteiger partial charge on any atom is -0.496 e. The van der Waals surface area contributed by atoms with Gasteiger partial charge in [0.25, 0.3) is 0 Å². The van der Waals surface area contributed by atoms with E-state index in [0.29, 0.717) is 25.1 Å². The molecular weight excluding hydrogens is 332 g/mol. The number of nitrogens with one attached hydrogen (secondary N) is 1. The van der Waals surface area contributed by atoms with Crippen molar-refractivity contribution in [1.82, 2.24) is 14.8 Å². The van der Waals surface area contributed by atoms with Crippen LogP contribution < -0.4 is 14.8 Å². The second kappa shape index (κ2) is 8.05. The molecule has 2 heterocycles. The lowest BCUT2D eigenvalue weighted by molar-refractivity contribution is 0.146. The van der Waals surface area contributed by atoms with Gasteiger partial charge in [-0.25, -0.2) is 9.67 Å². The molecule has 0 unspecified atom stereocenters. The topological polar surface area (TPSA) is 70.4 Å². The van der Waals surface area contributed by atoms with Crippen molar-refractivity contribution in [1.29, 1.82) is 0 Å². The highest BCUT2D eigenvalue weighted by molar-refractivity contribution is 5.87. The number of fused-ring (bicyclic) bond motifs is 1. The van der Waals surface area contributed by atoms with Gasteiger partial charge in [-0.3, -0.25) is 0 Å². The third-order valence-electron chi connectivity index (χ3n) is 3.77. The number of ether oxygens (including phenoxy) is 3. The molecule has 7 heteroatoms. The molecule has 1 aromatic carbocycles. The average Bonchev–Trinajstić information content (AvgIpc) is 3.08. The number of methoxy groups -OCH3 is 2. The molecule has 3 aromatic rings. The van der Waals surface area contributed by atoms with Crippen LogP contribution in [0.3, 0.4) is 0 Å². The van der Waals surface area contributed by atoms with E-state index in [1.165, 1.54) is 0 Å². The van der Waals surface area contributed by atoms with Crippen LogP contribution in [0, 0.1) is 0 Å². The first-order valence-electron chi connectivity index (χ1n) is 8.54. The zero-order chi connectivity index (χ0) is 18.5. The maximum absolute atomic E-state index is 5.68. The molecule has 26 heavy (non-hydrogen) atoms. The lowest BCUT2D eigenvalue weighted by atomic mass is 10.2. The predicted molar refractivity (Wildman–Crippen MR) is 102 cm³/mol. The molecule has 0 aliphatic heterocycles. The molecule has 3 rings (SSSR count). The summed E-state index contributed by atoms with van der Waals surface area (Å²) in [5, 5.41) is 8.72. The summed E-state index contributed by atoms with van der Waals surface area (Å²) in [6, 6.07) is 9.85. The summed E-state index contributed by atoms with van der Waals surface area (Å²) < 4.78 is 18.0. The first kappa shape index (κ1) is 18.0. The zero-order valence-electron chi connectivity index (χ0n) is 15.5. The van der Waals surface area contributed by atoms with Crippen molar-refractivity contribution in [2.75, 3.05) is 32.8 Å². The van der Waals surface area contributed by atoms with Crippen molar-refractivity contribution in [3.63, 3.8) is 0 Å². The maximum atomic E-state index is 5.68. The molecule has 0 aliphatic rings. The summed E-state index contributed by atoms with van der Waals surface area (Å²) in [6.45, 7) is 5.17. The molecule has 1 N–H and O–H groups in total. The van der Waals surface area contributed by atoms with Crippen LogP contribution in [-0.2, 0) is 4.74 Å². The minimum absolute atomic E-state index is 0.309. The predicted octanol–water partition coefficient (Wildman–Crippen LogP) is 3.27. The Bertz CT molecular complexity index is 876. The number of pyridine rings is 1. The first-order valence-corrected chi connectivity index (χ1v) is 8.54. The Balaban J connectivity index is 1.96. The van der Waals surface area contributed by atoms with Crippen LogP contribution in [0.1, 0.15) is 13.8 Å². The number of hydrogen-bond donors (Lipinski definition) is 1. The average molecular weight is 356 g/mol. The van der Waals surface area contributed by atoms with Crippen molar-refractivity contribution in [2.24, 2.45) is 0 Å². The number of benzene rings is 1. The third-order valence-corrected chi connectivity index (χ3v) is 3.77. The van der Waals surface area contributed by atoms with Gasteiger partial charge in [0, 0.05) is 42.9 Å². The summed E-state index contributed by atoms with van der Waals surface area (Å²) >= 11 is 0. The largest absolute Gasteiger partial charge is 0.496 e. The van der Waals surface area contributed by atoms with Crippen molar-refractivity contribution in [3.05, 3.63) is 36.5 Å². The van der Waals surface area contributed by atoms with Gasteiger partial charge in [-0.1, -0.05) is 0 Å². The fraction of sp³-hybridized carbons (Fsp3) is 0.368. The van der Waals surface area contributed by atoms with Crippen molar-refractivity contribution >= 4 is 16.7 Å². The van der Waals surface area contributed by atoms with Gasteiger partial charge in [0.15, 0.2) is 5.82 Å². The Hall–Kier alpha value is -2.80. The van der Waals surface area contributed by atoms with Crippen LogP contribution in [0.4, 0.5) is 5.82 Å². The van der Waals surface area contributed by atoms with Crippen LogP contribution in [0.5, 0.6) is 11.5 Å². The molecule has 138 valence electrons. The fourth-order valence-electron chi connectivity index (χ4n) is 2.61. The molecule has 0 saturated heterocycles. The van der Waals surface area contributed by atoms with E-state index in [2.05, 4.69) is 24.3 Å². The summed E-state index contributed by atoms with van der Waals surface area (Å²) in [5.74, 6) is 2.96. The zero-order valence-corrected chi connectivity index (χ0v) is 15.5. The van der Waals surface area contributed by atoms with Crippen LogP contribution >= 0.6 is 0 Å². The van der Waals surface area contributed by atoms with Gasteiger partial charge in [-0.2, -0.15) is 0 Å². The van der Waals surface area contributed by atoms with Gasteiger partial charge in [-0.05, 0) is 26.0 Å². The van der Waals surface area contributed by atoms with E-state index in [-0.39, 0.29) is 0 Å². The Morgan fingerprint density at radius 3 is 2.69 bits per heavy atom. The second-order valence-corrected chi connectivity index (χ2v) is 6.15. The monoisotopic (exact) mass is 356 g/mol. The molecule has 0 spiro atoms. The quantitative estimate of drug-likeness (QED) is 0.625.